The van der Waals surface area contributed by atoms with E-state index >= 15 is 0 Å². The summed E-state index contributed by atoms with van der Waals surface area (Å²) in [6.45, 7) is 2.20. The lowest BCUT2D eigenvalue weighted by atomic mass is 10.2. The van der Waals surface area contributed by atoms with E-state index < -0.39 is 6.10 Å². The van der Waals surface area contributed by atoms with Crippen LogP contribution in [0.15, 0.2) is 42.5 Å². The Kier molecular flexibility index (Phi) is 6.57. The van der Waals surface area contributed by atoms with Crippen LogP contribution in [0.1, 0.15) is 12.5 Å². The Morgan fingerprint density at radius 3 is 2.32 bits per heavy atom. The number of rotatable bonds is 6. The molecule has 0 saturated heterocycles. The summed E-state index contributed by atoms with van der Waals surface area (Å²) in [5.74, 6) is 0.270. The van der Waals surface area contributed by atoms with Crippen LogP contribution in [-0.2, 0) is 11.3 Å². The van der Waals surface area contributed by atoms with E-state index in [2.05, 4.69) is 0 Å². The second-order valence-corrected chi connectivity index (χ2v) is 6.85. The molecule has 1 unspecified atom stereocenters. The van der Waals surface area contributed by atoms with Crippen LogP contribution in [0.2, 0.25) is 10.0 Å². The third-order valence-electron chi connectivity index (χ3n) is 3.82. The summed E-state index contributed by atoms with van der Waals surface area (Å²) in [6.07, 6.45) is -0.665. The van der Waals surface area contributed by atoms with E-state index in [1.807, 2.05) is 43.3 Å². The maximum Gasteiger partial charge on any atom is 0.263 e. The number of hydrogen-bond donors (Lipinski definition) is 0. The van der Waals surface area contributed by atoms with Gasteiger partial charge in [-0.2, -0.15) is 0 Å². The first kappa shape index (κ1) is 19.4. The number of hydrogen-bond acceptors (Lipinski definition) is 3. The van der Waals surface area contributed by atoms with Crippen LogP contribution in [0.5, 0.6) is 5.75 Å². The molecule has 0 spiro atoms. The Bertz CT molecular complexity index is 733. The van der Waals surface area contributed by atoms with Gasteiger partial charge in [0.1, 0.15) is 10.8 Å². The highest BCUT2D eigenvalue weighted by Gasteiger charge is 2.20. The largest absolute Gasteiger partial charge is 0.479 e. The summed E-state index contributed by atoms with van der Waals surface area (Å²) >= 11 is 12.1. The summed E-state index contributed by atoms with van der Waals surface area (Å²) in [7, 11) is 5.73. The number of amides is 1. The van der Waals surface area contributed by atoms with Crippen molar-refractivity contribution in [3.8, 4) is 5.75 Å². The first-order valence-corrected chi connectivity index (χ1v) is 8.67. The minimum atomic E-state index is -0.665. The zero-order valence-corrected chi connectivity index (χ0v) is 16.3. The molecule has 0 aliphatic carbocycles. The van der Waals surface area contributed by atoms with E-state index in [9.17, 15) is 4.79 Å². The summed E-state index contributed by atoms with van der Waals surface area (Å²) in [4.78, 5) is 16.2. The van der Waals surface area contributed by atoms with Gasteiger partial charge in [-0.15, -0.1) is 0 Å². The molecule has 1 atom stereocenters. The van der Waals surface area contributed by atoms with Crippen LogP contribution in [0.4, 0.5) is 5.69 Å². The highest BCUT2D eigenvalue weighted by atomic mass is 35.5. The molecule has 0 heterocycles. The molecule has 1 amide bonds. The maximum absolute atomic E-state index is 12.5. The molecule has 2 rings (SSSR count). The SMILES string of the molecule is CC(Oc1cccc(Cl)c1Cl)C(=O)N(C)Cc1ccc(N(C)C)cc1. The number of anilines is 1. The van der Waals surface area contributed by atoms with Gasteiger partial charge in [0.25, 0.3) is 5.91 Å². The van der Waals surface area contributed by atoms with Gasteiger partial charge in [0, 0.05) is 33.4 Å². The van der Waals surface area contributed by atoms with Crippen molar-refractivity contribution in [3.05, 3.63) is 58.1 Å². The van der Waals surface area contributed by atoms with E-state index in [-0.39, 0.29) is 5.91 Å². The van der Waals surface area contributed by atoms with E-state index in [0.717, 1.165) is 11.3 Å². The lowest BCUT2D eigenvalue weighted by Crippen LogP contribution is -2.37. The fraction of sp³-hybridized carbons (Fsp3) is 0.316. The predicted octanol–water partition coefficient (Wildman–Crippen LogP) is 4.49. The average Bonchev–Trinajstić information content (AvgIpc) is 2.58. The van der Waals surface area contributed by atoms with E-state index in [4.69, 9.17) is 27.9 Å². The lowest BCUT2D eigenvalue weighted by Gasteiger charge is -2.23. The second-order valence-electron chi connectivity index (χ2n) is 6.07. The molecule has 0 N–H and O–H groups in total. The van der Waals surface area contributed by atoms with Crippen molar-refractivity contribution in [1.29, 1.82) is 0 Å². The smallest absolute Gasteiger partial charge is 0.263 e. The third kappa shape index (κ3) is 5.03. The second kappa shape index (κ2) is 8.45. The molecule has 0 aliphatic rings. The third-order valence-corrected chi connectivity index (χ3v) is 4.62. The summed E-state index contributed by atoms with van der Waals surface area (Å²) in [5.41, 5.74) is 2.17. The zero-order chi connectivity index (χ0) is 18.6. The van der Waals surface area contributed by atoms with Crippen molar-refractivity contribution >= 4 is 34.8 Å². The molecule has 0 saturated carbocycles. The Hall–Kier alpha value is -1.91. The summed E-state index contributed by atoms with van der Waals surface area (Å²) in [6, 6.07) is 13.2. The van der Waals surface area contributed by atoms with Gasteiger partial charge in [-0.1, -0.05) is 41.4 Å². The highest BCUT2D eigenvalue weighted by Crippen LogP contribution is 2.32. The molecule has 6 heteroatoms. The number of halogens is 2. The van der Waals surface area contributed by atoms with Crippen LogP contribution >= 0.6 is 23.2 Å². The van der Waals surface area contributed by atoms with E-state index in [0.29, 0.717) is 22.3 Å². The predicted molar refractivity (Wildman–Crippen MR) is 104 cm³/mol. The number of likely N-dealkylation sites (N-methyl/N-ethyl adjacent to an activating group) is 1. The first-order chi connectivity index (χ1) is 11.8. The minimum Gasteiger partial charge on any atom is -0.479 e. The molecular formula is C19H22Cl2N2O2. The zero-order valence-electron chi connectivity index (χ0n) is 14.8. The van der Waals surface area contributed by atoms with Gasteiger partial charge in [0.05, 0.1) is 5.02 Å². The quantitative estimate of drug-likeness (QED) is 0.740. The fourth-order valence-corrected chi connectivity index (χ4v) is 2.71. The average molecular weight is 381 g/mol. The van der Waals surface area contributed by atoms with Gasteiger partial charge < -0.3 is 14.5 Å². The number of nitrogens with zero attached hydrogens (tertiary/aromatic N) is 2. The highest BCUT2D eigenvalue weighted by molar-refractivity contribution is 6.42. The Morgan fingerprint density at radius 1 is 1.08 bits per heavy atom. The molecule has 2 aromatic carbocycles. The first-order valence-electron chi connectivity index (χ1n) is 7.91. The van der Waals surface area contributed by atoms with Crippen LogP contribution in [0.3, 0.4) is 0 Å². The standard InChI is InChI=1S/C19H22Cl2N2O2/c1-13(25-17-7-5-6-16(20)18(17)21)19(24)23(4)12-14-8-10-15(11-9-14)22(2)3/h5-11,13H,12H2,1-4H3. The van der Waals surface area contributed by atoms with Crippen LogP contribution in [0.25, 0.3) is 0 Å². The van der Waals surface area contributed by atoms with Gasteiger partial charge in [-0.25, -0.2) is 0 Å². The van der Waals surface area contributed by atoms with Gasteiger partial charge in [0.15, 0.2) is 6.10 Å². The molecule has 0 fully saturated rings. The van der Waals surface area contributed by atoms with Gasteiger partial charge in [0.2, 0.25) is 0 Å². The number of carbonyl (C=O) groups excluding carboxylic acids is 1. The van der Waals surface area contributed by atoms with E-state index in [1.54, 1.807) is 37.1 Å². The topological polar surface area (TPSA) is 32.8 Å². The van der Waals surface area contributed by atoms with Gasteiger partial charge in [-0.3, -0.25) is 4.79 Å². The van der Waals surface area contributed by atoms with Crippen molar-refractivity contribution < 1.29 is 9.53 Å². The molecule has 4 nitrogen and oxygen atoms in total. The van der Waals surface area contributed by atoms with Crippen molar-refractivity contribution in [2.24, 2.45) is 0 Å². The number of carbonyl (C=O) groups is 1. The molecule has 0 bridgehead atoms. The molecule has 0 aromatic heterocycles. The van der Waals surface area contributed by atoms with E-state index in [1.165, 1.54) is 0 Å². The van der Waals surface area contributed by atoms with Gasteiger partial charge in [-0.05, 0) is 36.8 Å². The van der Waals surface area contributed by atoms with Crippen LogP contribution in [0, 0.1) is 0 Å². The van der Waals surface area contributed by atoms with Crippen LogP contribution in [-0.4, -0.2) is 38.1 Å². The van der Waals surface area contributed by atoms with Crippen molar-refractivity contribution in [2.75, 3.05) is 26.0 Å². The number of benzene rings is 2. The van der Waals surface area contributed by atoms with Gasteiger partial charge >= 0.3 is 0 Å². The molecule has 134 valence electrons. The summed E-state index contributed by atoms with van der Waals surface area (Å²) < 4.78 is 5.68. The maximum atomic E-state index is 12.5. The molecule has 0 radical (unpaired) electrons. The van der Waals surface area contributed by atoms with Crippen molar-refractivity contribution in [2.45, 2.75) is 19.6 Å². The summed E-state index contributed by atoms with van der Waals surface area (Å²) in [5, 5.41) is 0.707. The fourth-order valence-electron chi connectivity index (χ4n) is 2.38. The molecular weight excluding hydrogens is 359 g/mol. The Labute approximate surface area is 158 Å². The lowest BCUT2D eigenvalue weighted by molar-refractivity contribution is -0.137. The van der Waals surface area contributed by atoms with Crippen molar-refractivity contribution in [3.63, 3.8) is 0 Å². The molecule has 25 heavy (non-hydrogen) atoms. The van der Waals surface area contributed by atoms with Crippen molar-refractivity contribution in [1.82, 2.24) is 4.90 Å². The molecule has 0 aliphatic heterocycles. The molecule has 2 aromatic rings. The Morgan fingerprint density at radius 2 is 1.72 bits per heavy atom. The monoisotopic (exact) mass is 380 g/mol. The number of ether oxygens (including phenoxy) is 1. The van der Waals surface area contributed by atoms with Crippen LogP contribution < -0.4 is 9.64 Å². The normalized spacial score (nSPS) is 11.8. The minimum absolute atomic E-state index is 0.132. The Balaban J connectivity index is 1.99.